The number of nitrogens with one attached hydrogen (secondary N) is 1. The van der Waals surface area contributed by atoms with Crippen molar-refractivity contribution in [1.29, 1.82) is 0 Å². The topological polar surface area (TPSA) is 44.8 Å². The minimum absolute atomic E-state index is 0.261. The molecule has 0 aromatic heterocycles. The standard InChI is InChI=1S/C15H27N3O2/c1-4-12(2)20-15(19)16-13-5-6-14(11-13)18-9-7-17(3)8-10-18/h4,13-14H,5-11H2,1-3H3,(H,16,19)/b12-4+/t13-,14+/m0/s1. The number of amides is 1. The number of allylic oxidation sites excluding steroid dienone is 2. The third-order valence-corrected chi connectivity index (χ3v) is 4.44. The molecule has 2 atom stereocenters. The molecule has 1 saturated heterocycles. The highest BCUT2D eigenvalue weighted by atomic mass is 16.6. The van der Waals surface area contributed by atoms with Gasteiger partial charge in [-0.3, -0.25) is 4.90 Å². The van der Waals surface area contributed by atoms with E-state index < -0.39 is 0 Å². The molecule has 2 rings (SSSR count). The van der Waals surface area contributed by atoms with Crippen molar-refractivity contribution in [2.45, 2.75) is 45.2 Å². The van der Waals surface area contributed by atoms with Gasteiger partial charge in [0.05, 0.1) is 0 Å². The first-order chi connectivity index (χ1) is 9.58. The summed E-state index contributed by atoms with van der Waals surface area (Å²) in [5.74, 6) is 0.649. The fourth-order valence-electron chi connectivity index (χ4n) is 3.01. The lowest BCUT2D eigenvalue weighted by Gasteiger charge is -2.36. The Morgan fingerprint density at radius 2 is 1.95 bits per heavy atom. The first-order valence-corrected chi connectivity index (χ1v) is 7.62. The summed E-state index contributed by atoms with van der Waals surface area (Å²) in [6.07, 6.45) is 4.76. The van der Waals surface area contributed by atoms with Crippen LogP contribution in [0.5, 0.6) is 0 Å². The van der Waals surface area contributed by atoms with Crippen LogP contribution >= 0.6 is 0 Å². The molecule has 1 saturated carbocycles. The van der Waals surface area contributed by atoms with Crippen molar-refractivity contribution in [1.82, 2.24) is 15.1 Å². The fourth-order valence-corrected chi connectivity index (χ4v) is 3.01. The first-order valence-electron chi connectivity index (χ1n) is 7.62. The van der Waals surface area contributed by atoms with Gasteiger partial charge in [-0.15, -0.1) is 0 Å². The minimum Gasteiger partial charge on any atom is -0.416 e. The summed E-state index contributed by atoms with van der Waals surface area (Å²) in [4.78, 5) is 16.6. The lowest BCUT2D eigenvalue weighted by molar-refractivity contribution is 0.112. The second-order valence-electron chi connectivity index (χ2n) is 5.94. The molecule has 114 valence electrons. The van der Waals surface area contributed by atoms with Crippen molar-refractivity contribution in [3.63, 3.8) is 0 Å². The summed E-state index contributed by atoms with van der Waals surface area (Å²) in [5, 5.41) is 2.98. The lowest BCUT2D eigenvalue weighted by Crippen LogP contribution is -2.48. The number of hydrogen-bond donors (Lipinski definition) is 1. The SMILES string of the molecule is C/C=C(\C)OC(=O)N[C@H]1CC[C@@H](N2CCN(C)CC2)C1. The highest BCUT2D eigenvalue weighted by molar-refractivity contribution is 5.68. The Hall–Kier alpha value is -1.07. The van der Waals surface area contributed by atoms with Gasteiger partial charge < -0.3 is 15.0 Å². The van der Waals surface area contributed by atoms with E-state index in [1.807, 2.05) is 6.92 Å². The van der Waals surface area contributed by atoms with Gasteiger partial charge in [0.2, 0.25) is 0 Å². The summed E-state index contributed by atoms with van der Waals surface area (Å²) < 4.78 is 5.15. The summed E-state index contributed by atoms with van der Waals surface area (Å²) in [5.41, 5.74) is 0. The molecule has 1 aliphatic heterocycles. The van der Waals surface area contributed by atoms with Crippen LogP contribution in [0.1, 0.15) is 33.1 Å². The van der Waals surface area contributed by atoms with E-state index >= 15 is 0 Å². The van der Waals surface area contributed by atoms with Crippen molar-refractivity contribution in [2.75, 3.05) is 33.2 Å². The number of likely N-dealkylation sites (N-methyl/N-ethyl adjacent to an activating group) is 1. The lowest BCUT2D eigenvalue weighted by atomic mass is 10.1. The molecule has 0 aromatic carbocycles. The van der Waals surface area contributed by atoms with E-state index in [0.717, 1.165) is 39.0 Å². The predicted molar refractivity (Wildman–Crippen MR) is 79.5 cm³/mol. The van der Waals surface area contributed by atoms with Crippen LogP contribution in [0.25, 0.3) is 0 Å². The Bertz CT molecular complexity index is 362. The molecule has 0 unspecified atom stereocenters. The van der Waals surface area contributed by atoms with Crippen molar-refractivity contribution < 1.29 is 9.53 Å². The maximum atomic E-state index is 11.7. The molecule has 0 radical (unpaired) electrons. The average Bonchev–Trinajstić information content (AvgIpc) is 2.87. The van der Waals surface area contributed by atoms with E-state index in [0.29, 0.717) is 11.8 Å². The minimum atomic E-state index is -0.315. The Morgan fingerprint density at radius 3 is 2.60 bits per heavy atom. The van der Waals surface area contributed by atoms with Crippen LogP contribution in [0, 0.1) is 0 Å². The zero-order chi connectivity index (χ0) is 14.5. The van der Waals surface area contributed by atoms with Crippen molar-refractivity contribution >= 4 is 6.09 Å². The van der Waals surface area contributed by atoms with Crippen molar-refractivity contribution in [2.24, 2.45) is 0 Å². The molecular weight excluding hydrogens is 254 g/mol. The smallest absolute Gasteiger partial charge is 0.412 e. The Kier molecular flexibility index (Phi) is 5.43. The van der Waals surface area contributed by atoms with Crippen molar-refractivity contribution in [3.05, 3.63) is 11.8 Å². The van der Waals surface area contributed by atoms with Gasteiger partial charge in [0, 0.05) is 38.3 Å². The predicted octanol–water partition coefficient (Wildman–Crippen LogP) is 1.80. The average molecular weight is 281 g/mol. The van der Waals surface area contributed by atoms with Crippen LogP contribution in [-0.4, -0.2) is 61.2 Å². The first kappa shape index (κ1) is 15.3. The molecule has 1 aliphatic carbocycles. The normalized spacial score (nSPS) is 29.4. The van der Waals surface area contributed by atoms with Crippen LogP contribution < -0.4 is 5.32 Å². The molecule has 1 amide bonds. The monoisotopic (exact) mass is 281 g/mol. The second-order valence-corrected chi connectivity index (χ2v) is 5.94. The number of carbonyl (C=O) groups excluding carboxylic acids is 1. The largest absolute Gasteiger partial charge is 0.416 e. The molecular formula is C15H27N3O2. The summed E-state index contributed by atoms with van der Waals surface area (Å²) >= 11 is 0. The van der Waals surface area contributed by atoms with Gasteiger partial charge in [-0.25, -0.2) is 4.79 Å². The third kappa shape index (κ3) is 4.21. The van der Waals surface area contributed by atoms with E-state index in [9.17, 15) is 4.79 Å². The summed E-state index contributed by atoms with van der Waals surface area (Å²) in [6, 6.07) is 0.883. The van der Waals surface area contributed by atoms with E-state index in [4.69, 9.17) is 4.74 Å². The van der Waals surface area contributed by atoms with Gasteiger partial charge in [0.1, 0.15) is 5.76 Å². The molecule has 0 aromatic rings. The zero-order valence-electron chi connectivity index (χ0n) is 12.9. The van der Waals surface area contributed by atoms with Crippen molar-refractivity contribution in [3.8, 4) is 0 Å². The number of ether oxygens (including phenoxy) is 1. The molecule has 5 heteroatoms. The Balaban J connectivity index is 1.73. The molecule has 1 heterocycles. The molecule has 0 bridgehead atoms. The quantitative estimate of drug-likeness (QED) is 0.801. The molecule has 20 heavy (non-hydrogen) atoms. The maximum Gasteiger partial charge on any atom is 0.412 e. The zero-order valence-corrected chi connectivity index (χ0v) is 12.9. The maximum absolute atomic E-state index is 11.7. The van der Waals surface area contributed by atoms with Crippen LogP contribution in [0.2, 0.25) is 0 Å². The summed E-state index contributed by atoms with van der Waals surface area (Å²) in [7, 11) is 2.18. The van der Waals surface area contributed by atoms with Gasteiger partial charge >= 0.3 is 6.09 Å². The number of nitrogens with zero attached hydrogens (tertiary/aromatic N) is 2. The molecule has 1 N–H and O–H groups in total. The number of alkyl carbamates (subject to hydrolysis) is 1. The van der Waals surface area contributed by atoms with Crippen LogP contribution in [0.3, 0.4) is 0 Å². The van der Waals surface area contributed by atoms with Crippen LogP contribution in [0.4, 0.5) is 4.79 Å². The molecule has 5 nitrogen and oxygen atoms in total. The van der Waals surface area contributed by atoms with Crippen LogP contribution in [-0.2, 0) is 4.74 Å². The molecule has 0 spiro atoms. The van der Waals surface area contributed by atoms with E-state index in [1.165, 1.54) is 6.42 Å². The Labute approximate surface area is 121 Å². The highest BCUT2D eigenvalue weighted by Gasteiger charge is 2.31. The van der Waals surface area contributed by atoms with E-state index in [1.54, 1.807) is 13.0 Å². The van der Waals surface area contributed by atoms with Crippen LogP contribution in [0.15, 0.2) is 11.8 Å². The molecule has 2 aliphatic rings. The van der Waals surface area contributed by atoms with Gasteiger partial charge in [-0.05, 0) is 46.2 Å². The van der Waals surface area contributed by atoms with E-state index in [2.05, 4.69) is 22.2 Å². The fraction of sp³-hybridized carbons (Fsp3) is 0.800. The Morgan fingerprint density at radius 1 is 1.25 bits per heavy atom. The van der Waals surface area contributed by atoms with Gasteiger partial charge in [0.15, 0.2) is 0 Å². The van der Waals surface area contributed by atoms with E-state index in [-0.39, 0.29) is 12.1 Å². The number of hydrogen-bond acceptors (Lipinski definition) is 4. The van der Waals surface area contributed by atoms with Gasteiger partial charge in [-0.1, -0.05) is 0 Å². The van der Waals surface area contributed by atoms with Gasteiger partial charge in [0.25, 0.3) is 0 Å². The second kappa shape index (κ2) is 7.09. The number of rotatable bonds is 3. The van der Waals surface area contributed by atoms with Gasteiger partial charge in [-0.2, -0.15) is 0 Å². The number of piperazine rings is 1. The number of carbonyl (C=O) groups is 1. The molecule has 2 fully saturated rings. The third-order valence-electron chi connectivity index (χ3n) is 4.44. The summed E-state index contributed by atoms with van der Waals surface area (Å²) in [6.45, 7) is 8.25. The highest BCUT2D eigenvalue weighted by Crippen LogP contribution is 2.25.